The van der Waals surface area contributed by atoms with Gasteiger partial charge < -0.3 is 0 Å². The van der Waals surface area contributed by atoms with Gasteiger partial charge in [0.05, 0.1) is 0 Å². The Morgan fingerprint density at radius 1 is 0.875 bits per heavy atom. The van der Waals surface area contributed by atoms with Gasteiger partial charge in [0.2, 0.25) is 0 Å². The molecule has 0 heterocycles. The molecule has 16 heavy (non-hydrogen) atoms. The Kier molecular flexibility index (Phi) is 4.39. The third-order valence-corrected chi connectivity index (χ3v) is 5.35. The third-order valence-electron chi connectivity index (χ3n) is 1.69. The Morgan fingerprint density at radius 2 is 1.25 bits per heavy atom. The Labute approximate surface area is 91.1 Å². The molecule has 0 aromatic rings. The maximum atomic E-state index is 12.5. The zero-order valence-electron chi connectivity index (χ0n) is 7.67. The summed E-state index contributed by atoms with van der Waals surface area (Å²) in [7, 11) is -16.7. The molecule has 0 N–H and O–H groups in total. The molecule has 0 aliphatic heterocycles. The van der Waals surface area contributed by atoms with Crippen molar-refractivity contribution >= 4 is 30.7 Å². The summed E-state index contributed by atoms with van der Waals surface area (Å²) >= 11 is 0. The van der Waals surface area contributed by atoms with E-state index >= 15 is 0 Å². The Balaban J connectivity index is 5.48. The van der Waals surface area contributed by atoms with Gasteiger partial charge in [0.25, 0.3) is 0 Å². The van der Waals surface area contributed by atoms with Gasteiger partial charge in [-0.1, -0.05) is 0 Å². The van der Waals surface area contributed by atoms with Gasteiger partial charge in [-0.3, -0.25) is 0 Å². The summed E-state index contributed by atoms with van der Waals surface area (Å²) in [6, 6.07) is 0. The molecular weight excluding hydrogens is 297 g/mol. The average molecular weight is 304 g/mol. The first-order valence-electron chi connectivity index (χ1n) is 3.54. The van der Waals surface area contributed by atoms with Gasteiger partial charge in [0.15, 0.2) is 0 Å². The van der Waals surface area contributed by atoms with Crippen LogP contribution in [0.5, 0.6) is 0 Å². The van der Waals surface area contributed by atoms with Crippen LogP contribution in [0.1, 0.15) is 6.92 Å². The lowest BCUT2D eigenvalue weighted by molar-refractivity contribution is 0.506. The first-order chi connectivity index (χ1) is 6.75. The molecule has 0 aliphatic rings. The fourth-order valence-electron chi connectivity index (χ4n) is 0.823. The van der Waals surface area contributed by atoms with Crippen LogP contribution in [0.15, 0.2) is 0 Å². The highest BCUT2D eigenvalue weighted by atomic mass is 32.3. The van der Waals surface area contributed by atoms with Crippen LogP contribution in [0, 0.1) is 0 Å². The number of halogens is 3. The molecular formula is C4H7F3O6S3. The monoisotopic (exact) mass is 304 g/mol. The second-order valence-electron chi connectivity index (χ2n) is 2.90. The topological polar surface area (TPSA) is 102 Å². The van der Waals surface area contributed by atoms with Gasteiger partial charge >= 0.3 is 30.7 Å². The molecule has 0 bridgehead atoms. The van der Waals surface area contributed by atoms with Crippen molar-refractivity contribution in [2.75, 3.05) is 5.75 Å². The van der Waals surface area contributed by atoms with E-state index in [4.69, 9.17) is 0 Å². The summed E-state index contributed by atoms with van der Waals surface area (Å²) in [5.74, 6) is -1.96. The first-order valence-corrected chi connectivity index (χ1v) is 7.99. The number of hydrogen-bond acceptors (Lipinski definition) is 6. The third kappa shape index (κ3) is 5.12. The second-order valence-corrected chi connectivity index (χ2v) is 7.56. The van der Waals surface area contributed by atoms with Crippen LogP contribution in [0.25, 0.3) is 0 Å². The van der Waals surface area contributed by atoms with Gasteiger partial charge in [0.1, 0.15) is 16.3 Å². The maximum absolute atomic E-state index is 12.5. The first kappa shape index (κ1) is 15.6. The Hall–Kier alpha value is -0.360. The van der Waals surface area contributed by atoms with E-state index in [2.05, 4.69) is 0 Å². The van der Waals surface area contributed by atoms with E-state index in [-0.39, 0.29) is 0 Å². The van der Waals surface area contributed by atoms with Gasteiger partial charge in [0, 0.05) is 0 Å². The van der Waals surface area contributed by atoms with Crippen molar-refractivity contribution in [3.8, 4) is 0 Å². The van der Waals surface area contributed by atoms with E-state index in [1.54, 1.807) is 0 Å². The molecule has 0 aliphatic carbocycles. The van der Waals surface area contributed by atoms with Crippen molar-refractivity contribution in [2.45, 2.75) is 17.4 Å². The van der Waals surface area contributed by atoms with E-state index < -0.39 is 46.9 Å². The molecule has 0 spiro atoms. The summed E-state index contributed by atoms with van der Waals surface area (Å²) in [4.78, 5) is 0. The van der Waals surface area contributed by atoms with Gasteiger partial charge in [-0.2, -0.15) is 25.3 Å². The van der Waals surface area contributed by atoms with Gasteiger partial charge in [-0.05, 0) is 6.92 Å². The van der Waals surface area contributed by atoms with Crippen molar-refractivity contribution in [2.24, 2.45) is 0 Å². The second kappa shape index (κ2) is 4.49. The fraction of sp³-hybridized carbons (Fsp3) is 1.00. The lowest BCUT2D eigenvalue weighted by atomic mass is 10.4. The minimum atomic E-state index is -5.72. The molecule has 6 nitrogen and oxygen atoms in total. The molecule has 2 unspecified atom stereocenters. The van der Waals surface area contributed by atoms with Crippen LogP contribution in [0.4, 0.5) is 11.7 Å². The standard InChI is InChI=1S/C4H7F3O6S3/c1-3(15(6,10)11)4(16(7,12)13)2-14(5,8)9/h3-4H,2H2,1H3. The highest BCUT2D eigenvalue weighted by Gasteiger charge is 2.42. The zero-order chi connectivity index (χ0) is 13.4. The van der Waals surface area contributed by atoms with Crippen molar-refractivity contribution in [3.05, 3.63) is 0 Å². The molecule has 0 fully saturated rings. The molecule has 0 saturated carbocycles. The maximum Gasteiger partial charge on any atom is 0.307 e. The van der Waals surface area contributed by atoms with Crippen LogP contribution < -0.4 is 0 Å². The van der Waals surface area contributed by atoms with E-state index in [0.29, 0.717) is 6.92 Å². The van der Waals surface area contributed by atoms with Gasteiger partial charge in [-0.25, -0.2) is 0 Å². The molecule has 0 aromatic carbocycles. The predicted molar refractivity (Wildman–Crippen MR) is 48.2 cm³/mol. The Bertz CT molecular complexity index is 546. The Morgan fingerprint density at radius 3 is 1.44 bits per heavy atom. The summed E-state index contributed by atoms with van der Waals surface area (Å²) in [6.07, 6.45) is 0. The van der Waals surface area contributed by atoms with E-state index in [0.717, 1.165) is 0 Å². The lowest BCUT2D eigenvalue weighted by Gasteiger charge is -2.14. The van der Waals surface area contributed by atoms with E-state index in [9.17, 15) is 36.9 Å². The zero-order valence-corrected chi connectivity index (χ0v) is 10.1. The van der Waals surface area contributed by atoms with E-state index in [1.165, 1.54) is 0 Å². The van der Waals surface area contributed by atoms with Crippen molar-refractivity contribution < 1.29 is 36.9 Å². The minimum Gasteiger partial charge on any atom is -0.195 e. The lowest BCUT2D eigenvalue weighted by Crippen LogP contribution is -2.38. The van der Waals surface area contributed by atoms with Crippen LogP contribution in [-0.4, -0.2) is 41.5 Å². The normalized spacial score (nSPS) is 18.0. The molecule has 98 valence electrons. The molecule has 2 atom stereocenters. The van der Waals surface area contributed by atoms with Crippen molar-refractivity contribution in [3.63, 3.8) is 0 Å². The summed E-state index contributed by atoms with van der Waals surface area (Å²) in [5, 5.41) is -5.36. The average Bonchev–Trinajstić information content (AvgIpc) is 1.93. The van der Waals surface area contributed by atoms with E-state index in [1.807, 2.05) is 0 Å². The van der Waals surface area contributed by atoms with Crippen LogP contribution in [0.2, 0.25) is 0 Å². The summed E-state index contributed by atoms with van der Waals surface area (Å²) < 4.78 is 98.5. The smallest absolute Gasteiger partial charge is 0.195 e. The largest absolute Gasteiger partial charge is 0.307 e. The minimum absolute atomic E-state index is 0.419. The highest BCUT2D eigenvalue weighted by molar-refractivity contribution is 7.93. The SMILES string of the molecule is CC(C(CS(=O)(=O)F)S(=O)(=O)F)S(=O)(=O)F. The number of rotatable bonds is 5. The highest BCUT2D eigenvalue weighted by Crippen LogP contribution is 2.19. The summed E-state index contributed by atoms with van der Waals surface area (Å²) in [5.41, 5.74) is 0. The predicted octanol–water partition coefficient (Wildman–Crippen LogP) is -0.359. The quantitative estimate of drug-likeness (QED) is 0.643. The molecule has 0 rings (SSSR count). The molecule has 0 aromatic heterocycles. The number of hydrogen-bond donors (Lipinski definition) is 0. The van der Waals surface area contributed by atoms with Crippen LogP contribution in [0.3, 0.4) is 0 Å². The van der Waals surface area contributed by atoms with Crippen molar-refractivity contribution in [1.29, 1.82) is 0 Å². The fourth-order valence-corrected chi connectivity index (χ4v) is 4.48. The molecule has 0 saturated heterocycles. The van der Waals surface area contributed by atoms with Crippen LogP contribution in [-0.2, 0) is 30.7 Å². The van der Waals surface area contributed by atoms with Crippen LogP contribution >= 0.6 is 0 Å². The molecule has 0 radical (unpaired) electrons. The molecule has 12 heteroatoms. The summed E-state index contributed by atoms with van der Waals surface area (Å²) in [6.45, 7) is 0.419. The molecule has 0 amide bonds. The van der Waals surface area contributed by atoms with Crippen molar-refractivity contribution in [1.82, 2.24) is 0 Å². The van der Waals surface area contributed by atoms with Gasteiger partial charge in [-0.15, -0.1) is 11.7 Å².